The standard InChI is InChI=1S/2C10H6BrN3.C9H6Br2N2.C6H6Br2N2.C3H4O2.CH4.I2.HI/c1-6-5-13-10-8(11)3-2-7(4-12)9(10)14-6;1-6-5-13-9-7(4-12)2-3-8(11)10(9)14-6;1-5-4-12-8-6(10)2-3-7(11)9(8)13-5;7-3-1-2-4(8)6(10)5(3)9;1-3(5)2-4;;1-2;/h2*2-3,5H,1H3;2-4H,1H3;1-2H,9-10H2;2H,1H3;1H4;;1H. The molecule has 0 saturated carbocycles. The van der Waals surface area contributed by atoms with Gasteiger partial charge in [0, 0.05) is 89.6 Å². The highest BCUT2D eigenvalue weighted by Crippen LogP contribution is 2.32. The first-order valence-electron chi connectivity index (χ1n) is 15.8. The molecule has 60 heavy (non-hydrogen) atoms. The molecule has 3 aromatic heterocycles. The van der Waals surface area contributed by atoms with Gasteiger partial charge in [-0.05, 0) is 165 Å². The van der Waals surface area contributed by atoms with Gasteiger partial charge < -0.3 is 11.5 Å². The second-order valence-electron chi connectivity index (χ2n) is 11.2. The molecule has 4 N–H and O–H groups in total. The van der Waals surface area contributed by atoms with Gasteiger partial charge in [-0.1, -0.05) is 7.43 Å². The van der Waals surface area contributed by atoms with E-state index in [1.807, 2.05) is 57.2 Å². The van der Waals surface area contributed by atoms with E-state index in [1.54, 1.807) is 30.7 Å². The number of nitrogens with zero attached hydrogens (tertiary/aromatic N) is 8. The number of hydrogen-bond acceptors (Lipinski definition) is 12. The Morgan fingerprint density at radius 1 is 0.567 bits per heavy atom. The minimum Gasteiger partial charge on any atom is -0.396 e. The smallest absolute Gasteiger partial charge is 0.192 e. The molecule has 0 bridgehead atoms. The molecule has 0 aliphatic rings. The number of aromatic nitrogens is 6. The van der Waals surface area contributed by atoms with Gasteiger partial charge in [-0.2, -0.15) is 10.5 Å². The second kappa shape index (κ2) is 29.3. The Bertz CT molecular complexity index is 2660. The van der Waals surface area contributed by atoms with Crippen molar-refractivity contribution >= 4 is 213 Å². The molecule has 0 fully saturated rings. The molecule has 4 aromatic carbocycles. The van der Waals surface area contributed by atoms with Gasteiger partial charge in [0.15, 0.2) is 12.1 Å². The van der Waals surface area contributed by atoms with Crippen LogP contribution in [0.4, 0.5) is 11.4 Å². The third kappa shape index (κ3) is 17.2. The lowest BCUT2D eigenvalue weighted by molar-refractivity contribution is -0.128. The molecule has 7 aromatic rings. The topological polar surface area (TPSA) is 211 Å². The SMILES string of the molecule is C.CC(=O)C=O.Cc1cnc2c(Br)ccc(Br)c2n1.Cc1cnc2c(Br)ccc(C#N)c2n1.Cc1cnc2c(C#N)ccc(Br)c2n1.I.II.Nc1c(Br)ccc(Br)c1N. The van der Waals surface area contributed by atoms with E-state index in [1.165, 1.54) is 6.92 Å². The summed E-state index contributed by atoms with van der Waals surface area (Å²) in [7, 11) is 0. The van der Waals surface area contributed by atoms with Gasteiger partial charge in [0.2, 0.25) is 0 Å². The van der Waals surface area contributed by atoms with Crippen molar-refractivity contribution in [2.75, 3.05) is 11.5 Å². The number of aldehydes is 1. The van der Waals surface area contributed by atoms with Gasteiger partial charge >= 0.3 is 0 Å². The molecular weight excluding hydrogens is 1500 g/mol. The first-order valence-corrected chi connectivity index (χ1v) is 26.9. The van der Waals surface area contributed by atoms with Crippen LogP contribution in [0.3, 0.4) is 0 Å². The van der Waals surface area contributed by atoms with Crippen molar-refractivity contribution in [3.63, 3.8) is 0 Å². The van der Waals surface area contributed by atoms with Crippen molar-refractivity contribution in [3.05, 3.63) is 122 Å². The number of aryl methyl sites for hydroxylation is 3. The minimum absolute atomic E-state index is 0. The first-order chi connectivity index (χ1) is 27.5. The van der Waals surface area contributed by atoms with Crippen molar-refractivity contribution in [2.45, 2.75) is 35.1 Å². The summed E-state index contributed by atoms with van der Waals surface area (Å²) in [5, 5.41) is 17.7. The number of rotatable bonds is 1. The van der Waals surface area contributed by atoms with Crippen LogP contribution in [0.25, 0.3) is 33.1 Å². The molecule has 0 saturated heterocycles. The molecule has 314 valence electrons. The van der Waals surface area contributed by atoms with Crippen LogP contribution in [0.2, 0.25) is 0 Å². The summed E-state index contributed by atoms with van der Waals surface area (Å²) in [4.78, 5) is 44.3. The van der Waals surface area contributed by atoms with Gasteiger partial charge in [-0.3, -0.25) is 24.5 Å². The van der Waals surface area contributed by atoms with E-state index in [0.29, 0.717) is 33.5 Å². The Morgan fingerprint density at radius 2 is 0.833 bits per heavy atom. The summed E-state index contributed by atoms with van der Waals surface area (Å²) in [5.74, 6) is -0.426. The number of carbonyl (C=O) groups excluding carboxylic acids is 2. The van der Waals surface area contributed by atoms with E-state index in [2.05, 4.69) is 175 Å². The number of Topliss-reactive ketones (excluding diaryl/α,β-unsaturated/α-hetero) is 1. The Balaban J connectivity index is 0.000000732. The van der Waals surface area contributed by atoms with Crippen LogP contribution < -0.4 is 11.5 Å². The van der Waals surface area contributed by atoms with Gasteiger partial charge in [0.25, 0.3) is 0 Å². The number of anilines is 2. The monoisotopic (exact) mass is 1530 g/mol. The van der Waals surface area contributed by atoms with Crippen LogP contribution in [-0.4, -0.2) is 42.0 Å². The average molecular weight is 1530 g/mol. The van der Waals surface area contributed by atoms with Crippen LogP contribution in [0.5, 0.6) is 0 Å². The van der Waals surface area contributed by atoms with E-state index in [4.69, 9.17) is 26.8 Å². The molecular formula is C39H33Br6I3N10O2. The number of hydrogen-bond donors (Lipinski definition) is 2. The largest absolute Gasteiger partial charge is 0.396 e. The number of fused-ring (bicyclic) bond motifs is 3. The van der Waals surface area contributed by atoms with Crippen molar-refractivity contribution < 1.29 is 9.59 Å². The Morgan fingerprint density at radius 3 is 1.20 bits per heavy atom. The van der Waals surface area contributed by atoms with Crippen molar-refractivity contribution in [1.29, 1.82) is 10.5 Å². The summed E-state index contributed by atoms with van der Waals surface area (Å²) in [6.07, 6.45) is 5.39. The summed E-state index contributed by atoms with van der Waals surface area (Å²) in [6, 6.07) is 18.9. The highest BCUT2D eigenvalue weighted by Gasteiger charge is 2.08. The van der Waals surface area contributed by atoms with Crippen LogP contribution in [0.15, 0.2) is 94.0 Å². The third-order valence-corrected chi connectivity index (χ3v) is 10.8. The van der Waals surface area contributed by atoms with Crippen LogP contribution >= 0.6 is 157 Å². The number of ketones is 1. The van der Waals surface area contributed by atoms with E-state index >= 15 is 0 Å². The summed E-state index contributed by atoms with van der Waals surface area (Å²) in [6.45, 7) is 6.87. The maximum Gasteiger partial charge on any atom is 0.192 e. The highest BCUT2D eigenvalue weighted by molar-refractivity contribution is 15.0. The lowest BCUT2D eigenvalue weighted by Crippen LogP contribution is -1.95. The van der Waals surface area contributed by atoms with E-state index in [-0.39, 0.29) is 37.7 Å². The van der Waals surface area contributed by atoms with E-state index in [0.717, 1.165) is 66.0 Å². The number of nitriles is 2. The first kappa shape index (κ1) is 57.9. The molecule has 0 radical (unpaired) electrons. The van der Waals surface area contributed by atoms with Gasteiger partial charge in [0.1, 0.15) is 45.2 Å². The molecule has 7 rings (SSSR count). The van der Waals surface area contributed by atoms with E-state index < -0.39 is 5.78 Å². The average Bonchev–Trinajstić information content (AvgIpc) is 3.22. The lowest BCUT2D eigenvalue weighted by atomic mass is 10.2. The Labute approximate surface area is 438 Å². The normalized spacial score (nSPS) is 9.30. The molecule has 21 heteroatoms. The fourth-order valence-electron chi connectivity index (χ4n) is 4.20. The van der Waals surface area contributed by atoms with Crippen LogP contribution in [0.1, 0.15) is 42.6 Å². The fraction of sp³-hybridized carbons (Fsp3) is 0.128. The summed E-state index contributed by atoms with van der Waals surface area (Å²) >= 11 is 24.4. The lowest BCUT2D eigenvalue weighted by Gasteiger charge is -2.03. The third-order valence-electron chi connectivity index (χ3n) is 6.85. The van der Waals surface area contributed by atoms with Crippen molar-refractivity contribution in [3.8, 4) is 12.1 Å². The molecule has 0 aliphatic heterocycles. The number of benzene rings is 4. The second-order valence-corrected chi connectivity index (χ2v) is 16.3. The zero-order valence-corrected chi connectivity index (χ0v) is 47.1. The molecule has 0 atom stereocenters. The summed E-state index contributed by atoms with van der Waals surface area (Å²) < 4.78 is 5.32. The van der Waals surface area contributed by atoms with Gasteiger partial charge in [-0.15, -0.1) is 24.0 Å². The minimum atomic E-state index is -0.426. The number of nitrogens with two attached hydrogens (primary N) is 2. The van der Waals surface area contributed by atoms with Crippen LogP contribution in [0, 0.1) is 43.4 Å². The summed E-state index contributed by atoms with van der Waals surface area (Å²) in [5.41, 5.74) is 20.6. The molecule has 0 unspecified atom stereocenters. The maximum atomic E-state index is 9.44. The predicted molar refractivity (Wildman–Crippen MR) is 291 cm³/mol. The zero-order chi connectivity index (χ0) is 43.7. The predicted octanol–water partition coefficient (Wildman–Crippen LogP) is 13.8. The number of carbonyl (C=O) groups is 2. The molecule has 12 nitrogen and oxygen atoms in total. The highest BCUT2D eigenvalue weighted by atomic mass is 128. The molecule has 3 heterocycles. The van der Waals surface area contributed by atoms with Gasteiger partial charge in [-0.25, -0.2) is 15.0 Å². The Kier molecular flexibility index (Phi) is 28.3. The fourth-order valence-corrected chi connectivity index (χ4v) is 6.55. The molecule has 0 amide bonds. The molecule has 0 aliphatic carbocycles. The Hall–Kier alpha value is -2.11. The van der Waals surface area contributed by atoms with E-state index in [9.17, 15) is 4.79 Å². The molecule has 0 spiro atoms. The zero-order valence-electron chi connectivity index (χ0n) is 30.9. The number of halogens is 9. The van der Waals surface area contributed by atoms with Crippen LogP contribution in [-0.2, 0) is 9.59 Å². The van der Waals surface area contributed by atoms with Crippen molar-refractivity contribution in [1.82, 2.24) is 29.9 Å². The van der Waals surface area contributed by atoms with Gasteiger partial charge in [0.05, 0.1) is 39.6 Å². The maximum absolute atomic E-state index is 9.44. The van der Waals surface area contributed by atoms with Crippen molar-refractivity contribution in [2.24, 2.45) is 0 Å². The number of nitrogen functional groups attached to an aromatic ring is 2. The quantitative estimate of drug-likeness (QED) is 0.0680.